The maximum Gasteiger partial charge on any atom is 0.236 e. The molecular weight excluding hydrogens is 476 g/mol. The number of rotatable bonds is 7. The quantitative estimate of drug-likeness (QED) is 0.463. The lowest BCUT2D eigenvalue weighted by Crippen LogP contribution is -2.56. The first kappa shape index (κ1) is 27.8. The Morgan fingerprint density at radius 3 is 2.32 bits per heavy atom. The van der Waals surface area contributed by atoms with Crippen LogP contribution in [0.4, 0.5) is 11.5 Å². The molecule has 2 heterocycles. The highest BCUT2D eigenvalue weighted by atomic mass is 16.7. The topological polar surface area (TPSA) is 65.9 Å². The number of amides is 1. The van der Waals surface area contributed by atoms with Crippen LogP contribution in [-0.2, 0) is 21.7 Å². The molecule has 1 N–H and O–H groups in total. The molecule has 2 aromatic carbocycles. The summed E-state index contributed by atoms with van der Waals surface area (Å²) in [5, 5.41) is 10.1. The van der Waals surface area contributed by atoms with Crippen molar-refractivity contribution in [1.29, 1.82) is 0 Å². The maximum absolute atomic E-state index is 14.0. The lowest BCUT2D eigenvalue weighted by atomic mass is 9.81. The number of nitrogens with zero attached hydrogens (tertiary/aromatic N) is 4. The van der Waals surface area contributed by atoms with Gasteiger partial charge in [0.05, 0.1) is 51.2 Å². The van der Waals surface area contributed by atoms with E-state index in [1.54, 1.807) is 18.2 Å². The monoisotopic (exact) mass is 517 g/mol. The van der Waals surface area contributed by atoms with Crippen LogP contribution in [-0.4, -0.2) is 68.0 Å². The summed E-state index contributed by atoms with van der Waals surface area (Å²) >= 11 is 0. The van der Waals surface area contributed by atoms with E-state index >= 15 is 0 Å². The molecule has 1 aromatic heterocycles. The van der Waals surface area contributed by atoms with E-state index in [0.29, 0.717) is 10.3 Å². The second-order valence-electron chi connectivity index (χ2n) is 11.2. The molecule has 0 unspecified atom stereocenters. The van der Waals surface area contributed by atoms with E-state index in [1.807, 2.05) is 45.2 Å². The predicted molar refractivity (Wildman–Crippen MR) is 153 cm³/mol. The molecule has 1 saturated heterocycles. The number of aromatic nitrogens is 1. The SMILES string of the molecule is CO[N+]1(C)CCN(c2cc(-c3ccccc3CO)c(N(C)C(=O)C(C)(C)c3cc(C)cc(C)c3)cn2)CC1. The number of quaternary nitrogens is 1. The van der Waals surface area contributed by atoms with Gasteiger partial charge in [-0.05, 0) is 50.5 Å². The Labute approximate surface area is 226 Å². The molecule has 0 radical (unpaired) electrons. The van der Waals surface area contributed by atoms with Gasteiger partial charge in [-0.2, -0.15) is 4.65 Å². The zero-order chi connectivity index (χ0) is 27.7. The first-order chi connectivity index (χ1) is 18.0. The standard InChI is InChI=1S/C31H41N4O3/c1-22-16-23(2)18-25(17-22)31(3,4)30(37)33(5)28-20-32-29(34-12-14-35(6,38-7)15-13-34)19-27(28)26-11-9-8-10-24(26)21-36/h8-11,16-20,36H,12-15,21H2,1-7H3/q+1. The number of hydrogen-bond donors (Lipinski definition) is 1. The normalized spacial score (nSPS) is 15.4. The van der Waals surface area contributed by atoms with Gasteiger partial charge < -0.3 is 14.9 Å². The van der Waals surface area contributed by atoms with Crippen molar-refractivity contribution < 1.29 is 19.4 Å². The highest BCUT2D eigenvalue weighted by molar-refractivity contribution is 6.03. The predicted octanol–water partition coefficient (Wildman–Crippen LogP) is 4.63. The highest BCUT2D eigenvalue weighted by Gasteiger charge is 2.35. The van der Waals surface area contributed by atoms with Crippen LogP contribution in [0, 0.1) is 13.8 Å². The molecule has 3 aromatic rings. The molecule has 1 aliphatic heterocycles. The summed E-state index contributed by atoms with van der Waals surface area (Å²) in [6.07, 6.45) is 1.80. The van der Waals surface area contributed by atoms with Crippen molar-refractivity contribution in [2.45, 2.75) is 39.7 Å². The van der Waals surface area contributed by atoms with Crippen LogP contribution < -0.4 is 9.80 Å². The van der Waals surface area contributed by atoms with Crippen LogP contribution in [0.1, 0.15) is 36.1 Å². The molecule has 1 aliphatic rings. The van der Waals surface area contributed by atoms with E-state index < -0.39 is 5.41 Å². The lowest BCUT2D eigenvalue weighted by molar-refractivity contribution is -1.09. The fraction of sp³-hybridized carbons (Fsp3) is 0.419. The number of likely N-dealkylation sites (N-methyl/N-ethyl adjacent to an activating group) is 2. The third-order valence-corrected chi connectivity index (χ3v) is 7.94. The number of carbonyl (C=O) groups is 1. The van der Waals surface area contributed by atoms with Crippen LogP contribution in [0.15, 0.2) is 54.7 Å². The molecule has 0 bridgehead atoms. The third kappa shape index (κ3) is 5.46. The molecule has 7 nitrogen and oxygen atoms in total. The Balaban J connectivity index is 1.76. The average Bonchev–Trinajstić information content (AvgIpc) is 2.91. The highest BCUT2D eigenvalue weighted by Crippen LogP contribution is 2.37. The van der Waals surface area contributed by atoms with Gasteiger partial charge in [-0.3, -0.25) is 4.79 Å². The largest absolute Gasteiger partial charge is 0.392 e. The van der Waals surface area contributed by atoms with Gasteiger partial charge >= 0.3 is 0 Å². The van der Waals surface area contributed by atoms with Crippen molar-refractivity contribution in [2.75, 3.05) is 57.2 Å². The molecule has 0 spiro atoms. The zero-order valence-corrected chi connectivity index (χ0v) is 23.8. The summed E-state index contributed by atoms with van der Waals surface area (Å²) in [6.45, 7) is 11.3. The van der Waals surface area contributed by atoms with Crippen LogP contribution in [0.25, 0.3) is 11.1 Å². The first-order valence-electron chi connectivity index (χ1n) is 13.2. The van der Waals surface area contributed by atoms with E-state index in [9.17, 15) is 9.90 Å². The van der Waals surface area contributed by atoms with E-state index in [1.165, 1.54) is 0 Å². The number of hydrogen-bond acceptors (Lipinski definition) is 5. The van der Waals surface area contributed by atoms with Crippen LogP contribution >= 0.6 is 0 Å². The van der Waals surface area contributed by atoms with Gasteiger partial charge in [-0.15, -0.1) is 0 Å². The number of aliphatic hydroxyl groups excluding tert-OH is 1. The maximum atomic E-state index is 14.0. The summed E-state index contributed by atoms with van der Waals surface area (Å²) in [5.41, 5.74) is 5.81. The van der Waals surface area contributed by atoms with E-state index in [2.05, 4.69) is 50.1 Å². The van der Waals surface area contributed by atoms with E-state index in [0.717, 1.165) is 65.4 Å². The molecule has 0 saturated carbocycles. The first-order valence-corrected chi connectivity index (χ1v) is 13.2. The Bertz CT molecular complexity index is 1290. The Kier molecular flexibility index (Phi) is 7.93. The Hall–Kier alpha value is -3.26. The van der Waals surface area contributed by atoms with Crippen molar-refractivity contribution >= 4 is 17.4 Å². The molecule has 202 valence electrons. The minimum absolute atomic E-state index is 0.0223. The number of pyridine rings is 1. The van der Waals surface area contributed by atoms with Gasteiger partial charge in [0.1, 0.15) is 18.9 Å². The molecule has 1 fully saturated rings. The van der Waals surface area contributed by atoms with Gasteiger partial charge in [-0.25, -0.2) is 9.82 Å². The molecule has 7 heteroatoms. The molecule has 4 rings (SSSR count). The smallest absolute Gasteiger partial charge is 0.236 e. The van der Waals surface area contributed by atoms with Gasteiger partial charge in [0.15, 0.2) is 0 Å². The number of piperazine rings is 1. The summed E-state index contributed by atoms with van der Waals surface area (Å²) in [4.78, 5) is 28.5. The lowest BCUT2D eigenvalue weighted by Gasteiger charge is -2.39. The van der Waals surface area contributed by atoms with Crippen molar-refractivity contribution in [1.82, 2.24) is 4.98 Å². The molecule has 38 heavy (non-hydrogen) atoms. The van der Waals surface area contributed by atoms with E-state index in [4.69, 9.17) is 9.82 Å². The van der Waals surface area contributed by atoms with Crippen molar-refractivity contribution in [2.24, 2.45) is 0 Å². The third-order valence-electron chi connectivity index (χ3n) is 7.94. The average molecular weight is 518 g/mol. The molecule has 0 aliphatic carbocycles. The number of aryl methyl sites for hydroxylation is 2. The van der Waals surface area contributed by atoms with Gasteiger partial charge in [0, 0.05) is 12.6 Å². The number of carbonyl (C=O) groups excluding carboxylic acids is 1. The zero-order valence-electron chi connectivity index (χ0n) is 23.8. The Morgan fingerprint density at radius 2 is 1.71 bits per heavy atom. The van der Waals surface area contributed by atoms with Crippen molar-refractivity contribution in [3.05, 3.63) is 77.0 Å². The fourth-order valence-electron chi connectivity index (χ4n) is 5.30. The summed E-state index contributed by atoms with van der Waals surface area (Å²) < 4.78 is 0.569. The van der Waals surface area contributed by atoms with Crippen LogP contribution in [0.5, 0.6) is 0 Å². The fourth-order valence-corrected chi connectivity index (χ4v) is 5.30. The minimum Gasteiger partial charge on any atom is -0.392 e. The van der Waals surface area contributed by atoms with Crippen LogP contribution in [0.2, 0.25) is 0 Å². The number of benzene rings is 2. The molecular formula is C31H41N4O3+. The summed E-state index contributed by atoms with van der Waals surface area (Å²) in [6, 6.07) is 16.1. The number of anilines is 2. The molecule has 0 atom stereocenters. The Morgan fingerprint density at radius 1 is 1.08 bits per heavy atom. The van der Waals surface area contributed by atoms with E-state index in [-0.39, 0.29) is 12.5 Å². The van der Waals surface area contributed by atoms with Gasteiger partial charge in [0.25, 0.3) is 0 Å². The number of hydroxylamine groups is 3. The second kappa shape index (κ2) is 10.8. The van der Waals surface area contributed by atoms with Gasteiger partial charge in [0.2, 0.25) is 5.91 Å². The van der Waals surface area contributed by atoms with Gasteiger partial charge in [-0.1, -0.05) is 53.6 Å². The van der Waals surface area contributed by atoms with Crippen LogP contribution in [0.3, 0.4) is 0 Å². The summed E-state index contributed by atoms with van der Waals surface area (Å²) in [7, 11) is 5.66. The van der Waals surface area contributed by atoms with Crippen molar-refractivity contribution in [3.8, 4) is 11.1 Å². The molecule has 1 amide bonds. The second-order valence-corrected chi connectivity index (χ2v) is 11.2. The summed E-state index contributed by atoms with van der Waals surface area (Å²) in [5.74, 6) is 0.833. The number of aliphatic hydroxyl groups is 1. The van der Waals surface area contributed by atoms with Crippen molar-refractivity contribution in [3.63, 3.8) is 0 Å². The minimum atomic E-state index is -0.743.